The van der Waals surface area contributed by atoms with Gasteiger partial charge < -0.3 is 14.3 Å². The summed E-state index contributed by atoms with van der Waals surface area (Å²) in [5.41, 5.74) is 0. The third-order valence-electron chi connectivity index (χ3n) is 0. The summed E-state index contributed by atoms with van der Waals surface area (Å²) < 4.78 is 5.50. The Bertz CT molecular complexity index is 6.85. The van der Waals surface area contributed by atoms with Crippen molar-refractivity contribution in [2.45, 2.75) is 6.92 Å². The monoisotopic (exact) mass is 97.0 g/mol. The second-order valence-corrected chi connectivity index (χ2v) is 0. The molecule has 0 unspecified atom stereocenters. The van der Waals surface area contributed by atoms with E-state index in [0.29, 0.717) is 0 Å². The van der Waals surface area contributed by atoms with Gasteiger partial charge in [0, 0.05) is 0 Å². The van der Waals surface area contributed by atoms with E-state index < -0.39 is 0 Å². The average Bonchev–Trinajstić information content (AvgIpc) is 1.50. The van der Waals surface area contributed by atoms with Crippen LogP contribution in [0.2, 0.25) is 0 Å². The van der Waals surface area contributed by atoms with Gasteiger partial charge in [-0.1, -0.05) is 0 Å². The summed E-state index contributed by atoms with van der Waals surface area (Å²) in [7, 11) is 2.50. The molecule has 0 nitrogen and oxygen atoms in total. The van der Waals surface area contributed by atoms with E-state index in [2.05, 4.69) is 14.3 Å². The van der Waals surface area contributed by atoms with Crippen molar-refractivity contribution in [2.24, 2.45) is 0 Å². The molecule has 1 radical (unpaired) electrons. The maximum atomic E-state index is 5.50. The van der Waals surface area contributed by atoms with Gasteiger partial charge in [0.05, 0.1) is 0 Å². The van der Waals surface area contributed by atoms with Crippen LogP contribution in [0, 0.1) is 14.3 Å². The minimum atomic E-state index is 0. The Balaban J connectivity index is -0.0000000133. The van der Waals surface area contributed by atoms with Crippen LogP contribution in [0.3, 0.4) is 0 Å². The molecule has 0 fully saturated rings. The van der Waals surface area contributed by atoms with Crippen molar-refractivity contribution in [1.82, 2.24) is 0 Å². The second kappa shape index (κ2) is 70.1. The summed E-state index contributed by atoms with van der Waals surface area (Å²) >= 11 is 0. The molecule has 0 rings (SSSR count). The molecule has 0 aromatic carbocycles. The van der Waals surface area contributed by atoms with Gasteiger partial charge in [0.1, 0.15) is 0 Å². The SMILES string of the molecule is [3H][CH2-].[CH2-]C.[V+2]. The van der Waals surface area contributed by atoms with E-state index in [4.69, 9.17) is 1.37 Å². The Kier molecular flexibility index (Phi) is 155. The van der Waals surface area contributed by atoms with Crippen molar-refractivity contribution in [2.75, 3.05) is 0 Å². The van der Waals surface area contributed by atoms with Gasteiger partial charge in [-0.2, -0.15) is 6.92 Å². The minimum absolute atomic E-state index is 0. The first-order valence-electron chi connectivity index (χ1n) is 1.41. The van der Waals surface area contributed by atoms with E-state index in [1.54, 1.807) is 6.92 Å². The van der Waals surface area contributed by atoms with Crippen molar-refractivity contribution in [1.29, 1.82) is 0 Å². The maximum Gasteiger partial charge on any atom is 2.00 e. The van der Waals surface area contributed by atoms with Crippen LogP contribution >= 0.6 is 0 Å². The Morgan fingerprint density at radius 3 is 1.75 bits per heavy atom. The third-order valence-corrected chi connectivity index (χ3v) is 0. The first-order chi connectivity index (χ1) is 2.00. The molecule has 1 heteroatoms. The zero-order valence-corrected chi connectivity index (χ0v) is 4.26. The van der Waals surface area contributed by atoms with Gasteiger partial charge in [-0.3, -0.25) is 0 Å². The standard InChI is InChI=1S/C2H5.CH3.V/c1-2;;/h1H2,2H3;1H3;/q2*-1;+2/i;1T;. The molecule has 0 N–H and O–H groups in total. The third kappa shape index (κ3) is 19.0. The van der Waals surface area contributed by atoms with E-state index in [1.165, 1.54) is 0 Å². The molecule has 0 aliphatic rings. The van der Waals surface area contributed by atoms with Gasteiger partial charge in [0.15, 0.2) is 0 Å². The molecule has 25 valence electrons. The van der Waals surface area contributed by atoms with Crippen LogP contribution < -0.4 is 0 Å². The smallest absolute Gasteiger partial charge is 0.358 e. The molecule has 0 spiro atoms. The fraction of sp³-hybridized carbons (Fsp3) is 0.333. The Morgan fingerprint density at radius 2 is 1.75 bits per heavy atom. The van der Waals surface area contributed by atoms with Crippen molar-refractivity contribution in [3.8, 4) is 0 Å². The molecule has 0 heterocycles. The summed E-state index contributed by atoms with van der Waals surface area (Å²) in [6, 6.07) is 0. The first kappa shape index (κ1) is 8.82. The van der Waals surface area contributed by atoms with E-state index in [1.807, 2.05) is 0 Å². The largest absolute Gasteiger partial charge is 2.00 e. The molecule has 0 bridgehead atoms. The molecule has 4 heavy (non-hydrogen) atoms. The van der Waals surface area contributed by atoms with Gasteiger partial charge in [0.25, 0.3) is 0 Å². The van der Waals surface area contributed by atoms with Crippen molar-refractivity contribution < 1.29 is 19.9 Å². The van der Waals surface area contributed by atoms with Crippen molar-refractivity contribution in [3.05, 3.63) is 14.3 Å². The molecule has 0 amide bonds. The minimum Gasteiger partial charge on any atom is -0.358 e. The van der Waals surface area contributed by atoms with Crippen LogP contribution in [0.4, 0.5) is 0 Å². The van der Waals surface area contributed by atoms with E-state index in [-0.39, 0.29) is 18.6 Å². The van der Waals surface area contributed by atoms with Crippen molar-refractivity contribution in [3.63, 3.8) is 0 Å². The van der Waals surface area contributed by atoms with Crippen LogP contribution in [0.5, 0.6) is 0 Å². The second-order valence-electron chi connectivity index (χ2n) is 0. The summed E-state index contributed by atoms with van der Waals surface area (Å²) in [5.74, 6) is 0. The Labute approximate surface area is 41.9 Å². The summed E-state index contributed by atoms with van der Waals surface area (Å²) in [4.78, 5) is 0. The predicted molar refractivity (Wildman–Crippen MR) is 17.4 cm³/mol. The van der Waals surface area contributed by atoms with Crippen LogP contribution in [-0.2, 0) is 18.6 Å². The Morgan fingerprint density at radius 1 is 1.75 bits per heavy atom. The van der Waals surface area contributed by atoms with Gasteiger partial charge in [-0.15, -0.1) is 0 Å². The van der Waals surface area contributed by atoms with E-state index in [0.717, 1.165) is 0 Å². The van der Waals surface area contributed by atoms with Gasteiger partial charge in [-0.25, -0.2) is 1.37 Å². The molecule has 0 aliphatic carbocycles. The quantitative estimate of drug-likeness (QED) is 0.399. The number of hydrogen-bond donors (Lipinski definition) is 0. The van der Waals surface area contributed by atoms with E-state index >= 15 is 0 Å². The van der Waals surface area contributed by atoms with Gasteiger partial charge >= 0.3 is 18.6 Å². The fourth-order valence-electron chi connectivity index (χ4n) is 0. The van der Waals surface area contributed by atoms with E-state index in [9.17, 15) is 0 Å². The first-order valence-corrected chi connectivity index (χ1v) is 0.707. The molecule has 0 atom stereocenters. The molecule has 0 aliphatic heterocycles. The maximum absolute atomic E-state index is 5.50. The van der Waals surface area contributed by atoms with Crippen LogP contribution in [0.1, 0.15) is 8.29 Å². The molecule has 0 aromatic rings. The average molecular weight is 97.0 g/mol. The summed E-state index contributed by atoms with van der Waals surface area (Å²) in [5, 5.41) is 0. The fourth-order valence-corrected chi connectivity index (χ4v) is 0. The van der Waals surface area contributed by atoms with Crippen molar-refractivity contribution >= 4 is 0 Å². The number of rotatable bonds is 0. The molecular weight excluding hydrogens is 87.0 g/mol. The molecular formula is C3H8V. The summed E-state index contributed by atoms with van der Waals surface area (Å²) in [6.07, 6.45) is 0. The molecule has 0 saturated heterocycles. The van der Waals surface area contributed by atoms with Gasteiger partial charge in [-0.05, 0) is 0 Å². The Hall–Kier alpha value is 0.584. The zero-order valence-electron chi connectivity index (χ0n) is 3.86. The predicted octanol–water partition coefficient (Wildman–Crippen LogP) is 1.29. The molecule has 0 saturated carbocycles. The van der Waals surface area contributed by atoms with Crippen LogP contribution in [0.15, 0.2) is 0 Å². The van der Waals surface area contributed by atoms with Crippen LogP contribution in [0.25, 0.3) is 0 Å². The number of hydrogen-bond acceptors (Lipinski definition) is 0. The summed E-state index contributed by atoms with van der Waals surface area (Å²) in [6.45, 7) is 5.00. The van der Waals surface area contributed by atoms with Gasteiger partial charge in [0.2, 0.25) is 0 Å². The normalized spacial score (nSPS) is 3.25. The molecule has 0 aromatic heterocycles. The topological polar surface area (TPSA) is 0 Å². The zero-order chi connectivity index (χ0) is 4.00. The van der Waals surface area contributed by atoms with Crippen LogP contribution in [-0.4, -0.2) is 0 Å².